The lowest BCUT2D eigenvalue weighted by Crippen LogP contribution is -2.45. The number of aromatic nitrogens is 1. The molecule has 1 fully saturated rings. The van der Waals surface area contributed by atoms with Crippen LogP contribution in [-0.2, 0) is 15.5 Å². The first-order chi connectivity index (χ1) is 9.37. The van der Waals surface area contributed by atoms with E-state index in [-0.39, 0.29) is 11.3 Å². The molecule has 20 heavy (non-hydrogen) atoms. The first kappa shape index (κ1) is 15.4. The Balaban J connectivity index is 1.98. The van der Waals surface area contributed by atoms with E-state index in [4.69, 9.17) is 4.74 Å². The number of thiazole rings is 1. The second-order valence-corrected chi connectivity index (χ2v) is 8.59. The Morgan fingerprint density at radius 2 is 2.30 bits per heavy atom. The fourth-order valence-electron chi connectivity index (χ4n) is 2.06. The molecule has 0 spiro atoms. The number of hydrogen-bond acceptors (Lipinski definition) is 5. The van der Waals surface area contributed by atoms with Gasteiger partial charge in [0.15, 0.2) is 4.34 Å². The molecule has 1 saturated heterocycles. The molecule has 0 N–H and O–H groups in total. The summed E-state index contributed by atoms with van der Waals surface area (Å²) in [5.41, 5.74) is -0.502. The topological polar surface area (TPSA) is 59.5 Å². The fraction of sp³-hybridized carbons (Fsp3) is 0.692. The predicted molar refractivity (Wildman–Crippen MR) is 79.4 cm³/mol. The molecule has 5 nitrogen and oxygen atoms in total. The van der Waals surface area contributed by atoms with Gasteiger partial charge in [-0.2, -0.15) is 0 Å². The zero-order valence-corrected chi connectivity index (χ0v) is 13.6. The molecule has 2 rings (SSSR count). The summed E-state index contributed by atoms with van der Waals surface area (Å²) in [6, 6.07) is 0. The smallest absolute Gasteiger partial charge is 0.410 e. The van der Waals surface area contributed by atoms with E-state index < -0.39 is 16.4 Å². The Hall–Kier alpha value is -0.950. The van der Waals surface area contributed by atoms with Gasteiger partial charge >= 0.3 is 6.09 Å². The molecular formula is C13H20N2O3S2. The summed E-state index contributed by atoms with van der Waals surface area (Å²) in [4.78, 5) is 17.8. The van der Waals surface area contributed by atoms with Crippen LogP contribution in [0.1, 0.15) is 33.6 Å². The molecule has 2 heterocycles. The summed E-state index contributed by atoms with van der Waals surface area (Å²) in [7, 11) is -1.14. The van der Waals surface area contributed by atoms with Gasteiger partial charge in [-0.15, -0.1) is 11.3 Å². The number of rotatable bonds is 2. The average molecular weight is 316 g/mol. The lowest BCUT2D eigenvalue weighted by Gasteiger charge is -2.33. The molecular weight excluding hydrogens is 296 g/mol. The molecule has 112 valence electrons. The second-order valence-electron chi connectivity index (χ2n) is 5.79. The highest BCUT2D eigenvalue weighted by molar-refractivity contribution is 7.87. The van der Waals surface area contributed by atoms with Crippen LogP contribution in [0.15, 0.2) is 15.9 Å². The third-order valence-corrected chi connectivity index (χ3v) is 5.70. The van der Waals surface area contributed by atoms with Crippen molar-refractivity contribution in [1.82, 2.24) is 9.88 Å². The Labute approximate surface area is 125 Å². The maximum atomic E-state index is 12.4. The number of carbonyl (C=O) groups is 1. The van der Waals surface area contributed by atoms with Crippen molar-refractivity contribution in [3.63, 3.8) is 0 Å². The average Bonchev–Trinajstić information content (AvgIpc) is 2.90. The molecule has 7 heteroatoms. The molecule has 0 bridgehead atoms. The number of hydrogen-bond donors (Lipinski definition) is 0. The van der Waals surface area contributed by atoms with Gasteiger partial charge in [-0.1, -0.05) is 0 Å². The summed E-state index contributed by atoms with van der Waals surface area (Å²) in [5.74, 6) is 0. The normalized spacial score (nSPS) is 21.6. The van der Waals surface area contributed by atoms with Crippen LogP contribution in [0.2, 0.25) is 0 Å². The molecule has 1 amide bonds. The molecule has 0 aromatic carbocycles. The van der Waals surface area contributed by atoms with Crippen LogP contribution in [0.3, 0.4) is 0 Å². The highest BCUT2D eigenvalue weighted by atomic mass is 32.2. The van der Waals surface area contributed by atoms with E-state index in [1.54, 1.807) is 11.1 Å². The number of piperidine rings is 1. The van der Waals surface area contributed by atoms with Crippen molar-refractivity contribution in [2.75, 3.05) is 13.1 Å². The molecule has 1 aromatic rings. The maximum Gasteiger partial charge on any atom is 0.410 e. The van der Waals surface area contributed by atoms with Crippen LogP contribution >= 0.6 is 11.3 Å². The summed E-state index contributed by atoms with van der Waals surface area (Å²) in [6.45, 7) is 6.68. The fourth-order valence-corrected chi connectivity index (χ4v) is 4.52. The van der Waals surface area contributed by atoms with Crippen molar-refractivity contribution < 1.29 is 13.7 Å². The maximum absolute atomic E-state index is 12.4. The van der Waals surface area contributed by atoms with Crippen molar-refractivity contribution in [3.05, 3.63) is 11.6 Å². The number of amides is 1. The van der Waals surface area contributed by atoms with Crippen LogP contribution in [0, 0.1) is 0 Å². The number of nitrogens with zero attached hydrogens (tertiary/aromatic N) is 2. The van der Waals surface area contributed by atoms with Gasteiger partial charge in [0.1, 0.15) is 5.60 Å². The monoisotopic (exact) mass is 316 g/mol. The van der Waals surface area contributed by atoms with Crippen LogP contribution in [0.4, 0.5) is 4.79 Å². The van der Waals surface area contributed by atoms with Gasteiger partial charge in [0, 0.05) is 24.7 Å². The van der Waals surface area contributed by atoms with Gasteiger partial charge in [-0.3, -0.25) is 4.21 Å². The zero-order chi connectivity index (χ0) is 14.8. The summed E-state index contributed by atoms with van der Waals surface area (Å²) < 4.78 is 18.4. The van der Waals surface area contributed by atoms with E-state index in [1.165, 1.54) is 11.3 Å². The minimum absolute atomic E-state index is 0.0533. The molecule has 1 aliphatic rings. The highest BCUT2D eigenvalue weighted by Crippen LogP contribution is 2.23. The third-order valence-electron chi connectivity index (χ3n) is 2.91. The quantitative estimate of drug-likeness (QED) is 0.841. The van der Waals surface area contributed by atoms with E-state index in [0.717, 1.165) is 12.8 Å². The Morgan fingerprint density at radius 3 is 2.90 bits per heavy atom. The van der Waals surface area contributed by atoms with E-state index in [1.807, 2.05) is 26.2 Å². The van der Waals surface area contributed by atoms with Crippen LogP contribution in [0.25, 0.3) is 0 Å². The van der Waals surface area contributed by atoms with Crippen LogP contribution in [0.5, 0.6) is 0 Å². The first-order valence-corrected chi connectivity index (χ1v) is 8.74. The van der Waals surface area contributed by atoms with Gasteiger partial charge in [0.2, 0.25) is 0 Å². The molecule has 0 saturated carbocycles. The molecule has 1 aromatic heterocycles. The van der Waals surface area contributed by atoms with Gasteiger partial charge in [-0.05, 0) is 33.6 Å². The summed E-state index contributed by atoms with van der Waals surface area (Å²) in [6.07, 6.45) is 3.04. The Morgan fingerprint density at radius 1 is 1.55 bits per heavy atom. The summed E-state index contributed by atoms with van der Waals surface area (Å²) >= 11 is 1.40. The predicted octanol–water partition coefficient (Wildman–Crippen LogP) is 2.65. The van der Waals surface area contributed by atoms with Crippen molar-refractivity contribution in [1.29, 1.82) is 0 Å². The number of carbonyl (C=O) groups excluding carboxylic acids is 1. The van der Waals surface area contributed by atoms with Gasteiger partial charge in [0.05, 0.1) is 16.0 Å². The van der Waals surface area contributed by atoms with Crippen molar-refractivity contribution in [2.24, 2.45) is 0 Å². The minimum atomic E-state index is -1.14. The minimum Gasteiger partial charge on any atom is -0.444 e. The van der Waals surface area contributed by atoms with E-state index in [2.05, 4.69) is 4.98 Å². The van der Waals surface area contributed by atoms with Crippen molar-refractivity contribution in [2.45, 2.75) is 48.8 Å². The van der Waals surface area contributed by atoms with Gasteiger partial charge in [-0.25, -0.2) is 9.78 Å². The SMILES string of the molecule is CC(C)(C)OC(=O)N1CCC[C@@H]([S@](=O)c2nccs2)C1. The van der Waals surface area contributed by atoms with Gasteiger partial charge in [0.25, 0.3) is 0 Å². The number of likely N-dealkylation sites (tertiary alicyclic amines) is 1. The zero-order valence-electron chi connectivity index (χ0n) is 12.0. The van der Waals surface area contributed by atoms with Crippen LogP contribution < -0.4 is 0 Å². The lowest BCUT2D eigenvalue weighted by atomic mass is 10.1. The van der Waals surface area contributed by atoms with E-state index >= 15 is 0 Å². The second kappa shape index (κ2) is 6.22. The third kappa shape index (κ3) is 4.02. The van der Waals surface area contributed by atoms with Crippen LogP contribution in [-0.4, -0.2) is 44.1 Å². The first-order valence-electron chi connectivity index (χ1n) is 6.65. The molecule has 0 aliphatic carbocycles. The largest absolute Gasteiger partial charge is 0.444 e. The highest BCUT2D eigenvalue weighted by Gasteiger charge is 2.31. The molecule has 1 aliphatic heterocycles. The molecule has 0 radical (unpaired) electrons. The molecule has 2 atom stereocenters. The number of ether oxygens (including phenoxy) is 1. The van der Waals surface area contributed by atoms with Crippen molar-refractivity contribution >= 4 is 28.2 Å². The van der Waals surface area contributed by atoms with Gasteiger partial charge < -0.3 is 9.64 Å². The summed E-state index contributed by atoms with van der Waals surface area (Å²) in [5, 5.41) is 1.77. The van der Waals surface area contributed by atoms with E-state index in [9.17, 15) is 9.00 Å². The van der Waals surface area contributed by atoms with E-state index in [0.29, 0.717) is 17.4 Å². The molecule has 0 unspecified atom stereocenters. The Bertz CT molecular complexity index is 482. The standard InChI is InChI=1S/C13H20N2O3S2/c1-13(2,3)18-12(16)15-7-4-5-10(9-15)20(17)11-14-6-8-19-11/h6,8,10H,4-5,7,9H2,1-3H3/t10-,20+/m1/s1. The Kier molecular flexibility index (Phi) is 4.80. The van der Waals surface area contributed by atoms with Crippen molar-refractivity contribution in [3.8, 4) is 0 Å². The lowest BCUT2D eigenvalue weighted by molar-refractivity contribution is 0.0219.